The molecular formula is C15H22N2O. The standard InChI is InChI=1S/C15H22N2O/c1-18-14-6-4-13(5-7-14)15(12-2-3-12)17-10-8-16-9-11-17/h4-7,12,15-16H,2-3,8-11H2,1H3/t15-/m1/s1. The van der Waals surface area contributed by atoms with Crippen LogP contribution in [0, 0.1) is 5.92 Å². The molecule has 1 N–H and O–H groups in total. The zero-order valence-corrected chi connectivity index (χ0v) is 11.1. The number of nitrogens with one attached hydrogen (secondary N) is 1. The fourth-order valence-corrected chi connectivity index (χ4v) is 2.95. The summed E-state index contributed by atoms with van der Waals surface area (Å²) >= 11 is 0. The van der Waals surface area contributed by atoms with Gasteiger partial charge in [-0.3, -0.25) is 4.90 Å². The van der Waals surface area contributed by atoms with Gasteiger partial charge < -0.3 is 10.1 Å². The van der Waals surface area contributed by atoms with E-state index < -0.39 is 0 Å². The van der Waals surface area contributed by atoms with Crippen LogP contribution in [0.1, 0.15) is 24.4 Å². The summed E-state index contributed by atoms with van der Waals surface area (Å²) in [5, 5.41) is 3.44. The highest BCUT2D eigenvalue weighted by atomic mass is 16.5. The first-order valence-corrected chi connectivity index (χ1v) is 6.97. The van der Waals surface area contributed by atoms with Crippen molar-refractivity contribution in [3.63, 3.8) is 0 Å². The average molecular weight is 246 g/mol. The molecule has 0 radical (unpaired) electrons. The Morgan fingerprint density at radius 1 is 1.17 bits per heavy atom. The zero-order valence-electron chi connectivity index (χ0n) is 11.1. The molecule has 2 fully saturated rings. The first-order valence-electron chi connectivity index (χ1n) is 6.97. The molecule has 18 heavy (non-hydrogen) atoms. The Hall–Kier alpha value is -1.06. The number of methoxy groups -OCH3 is 1. The van der Waals surface area contributed by atoms with E-state index in [-0.39, 0.29) is 0 Å². The zero-order chi connectivity index (χ0) is 12.4. The van der Waals surface area contributed by atoms with E-state index in [1.54, 1.807) is 7.11 Å². The van der Waals surface area contributed by atoms with Crippen molar-refractivity contribution in [1.82, 2.24) is 10.2 Å². The lowest BCUT2D eigenvalue weighted by molar-refractivity contribution is 0.156. The van der Waals surface area contributed by atoms with E-state index in [0.717, 1.165) is 24.8 Å². The summed E-state index contributed by atoms with van der Waals surface area (Å²) in [5.41, 5.74) is 1.46. The van der Waals surface area contributed by atoms with Crippen LogP contribution in [-0.2, 0) is 0 Å². The summed E-state index contributed by atoms with van der Waals surface area (Å²) in [4.78, 5) is 2.65. The van der Waals surface area contributed by atoms with Crippen LogP contribution in [0.3, 0.4) is 0 Å². The van der Waals surface area contributed by atoms with Crippen LogP contribution >= 0.6 is 0 Å². The van der Waals surface area contributed by atoms with Gasteiger partial charge >= 0.3 is 0 Å². The first kappa shape index (κ1) is 12.0. The largest absolute Gasteiger partial charge is 0.497 e. The van der Waals surface area contributed by atoms with E-state index in [1.165, 1.54) is 31.5 Å². The maximum atomic E-state index is 5.25. The van der Waals surface area contributed by atoms with Crippen molar-refractivity contribution in [2.75, 3.05) is 33.3 Å². The third kappa shape index (κ3) is 2.52. The number of benzene rings is 1. The lowest BCUT2D eigenvalue weighted by Crippen LogP contribution is -2.45. The van der Waals surface area contributed by atoms with E-state index in [4.69, 9.17) is 4.74 Å². The van der Waals surface area contributed by atoms with Gasteiger partial charge in [0.1, 0.15) is 5.75 Å². The molecule has 1 aromatic carbocycles. The molecule has 0 amide bonds. The van der Waals surface area contributed by atoms with Crippen LogP contribution in [0.4, 0.5) is 0 Å². The number of piperazine rings is 1. The molecule has 3 heteroatoms. The monoisotopic (exact) mass is 246 g/mol. The molecule has 98 valence electrons. The van der Waals surface area contributed by atoms with Gasteiger partial charge in [0.15, 0.2) is 0 Å². The maximum absolute atomic E-state index is 5.25. The Morgan fingerprint density at radius 3 is 2.39 bits per heavy atom. The van der Waals surface area contributed by atoms with E-state index in [2.05, 4.69) is 34.5 Å². The van der Waals surface area contributed by atoms with Gasteiger partial charge in [0.05, 0.1) is 7.11 Å². The van der Waals surface area contributed by atoms with Crippen LogP contribution in [0.25, 0.3) is 0 Å². The van der Waals surface area contributed by atoms with Crippen LogP contribution < -0.4 is 10.1 Å². The molecule has 1 atom stereocenters. The maximum Gasteiger partial charge on any atom is 0.118 e. The van der Waals surface area contributed by atoms with Crippen molar-refractivity contribution in [2.24, 2.45) is 5.92 Å². The predicted octanol–water partition coefficient (Wildman–Crippen LogP) is 2.05. The number of ether oxygens (including phenoxy) is 1. The van der Waals surface area contributed by atoms with Gasteiger partial charge in [-0.2, -0.15) is 0 Å². The minimum Gasteiger partial charge on any atom is -0.497 e. The van der Waals surface area contributed by atoms with Crippen molar-refractivity contribution in [2.45, 2.75) is 18.9 Å². The fraction of sp³-hybridized carbons (Fsp3) is 0.600. The molecule has 0 spiro atoms. The van der Waals surface area contributed by atoms with Crippen molar-refractivity contribution >= 4 is 0 Å². The van der Waals surface area contributed by atoms with Crippen molar-refractivity contribution in [1.29, 1.82) is 0 Å². The lowest BCUT2D eigenvalue weighted by Gasteiger charge is -2.35. The van der Waals surface area contributed by atoms with Gasteiger partial charge in [0, 0.05) is 32.2 Å². The second kappa shape index (κ2) is 5.29. The van der Waals surface area contributed by atoms with Crippen molar-refractivity contribution in [3.8, 4) is 5.75 Å². The highest BCUT2D eigenvalue weighted by Gasteiger charge is 2.36. The Balaban J connectivity index is 1.79. The molecule has 0 unspecified atom stereocenters. The molecule has 2 aliphatic rings. The number of rotatable bonds is 4. The quantitative estimate of drug-likeness (QED) is 0.880. The summed E-state index contributed by atoms with van der Waals surface area (Å²) in [6, 6.07) is 9.28. The molecule has 1 aliphatic carbocycles. The second-order valence-corrected chi connectivity index (χ2v) is 5.34. The Morgan fingerprint density at radius 2 is 1.83 bits per heavy atom. The van der Waals surface area contributed by atoms with E-state index in [0.29, 0.717) is 6.04 Å². The van der Waals surface area contributed by atoms with Crippen molar-refractivity contribution in [3.05, 3.63) is 29.8 Å². The van der Waals surface area contributed by atoms with E-state index in [1.807, 2.05) is 0 Å². The van der Waals surface area contributed by atoms with E-state index in [9.17, 15) is 0 Å². The van der Waals surface area contributed by atoms with Crippen LogP contribution in [-0.4, -0.2) is 38.2 Å². The normalized spacial score (nSPS) is 22.7. The SMILES string of the molecule is COc1ccc([C@@H](C2CC2)N2CCNCC2)cc1. The summed E-state index contributed by atoms with van der Waals surface area (Å²) < 4.78 is 5.25. The average Bonchev–Trinajstić information content (AvgIpc) is 3.26. The third-order valence-electron chi connectivity index (χ3n) is 4.07. The molecule has 1 aromatic rings. The number of hydrogen-bond acceptors (Lipinski definition) is 3. The summed E-state index contributed by atoms with van der Waals surface area (Å²) in [5.74, 6) is 1.82. The second-order valence-electron chi connectivity index (χ2n) is 5.34. The summed E-state index contributed by atoms with van der Waals surface area (Å²) in [6.07, 6.45) is 2.78. The van der Waals surface area contributed by atoms with Gasteiger partial charge in [0.25, 0.3) is 0 Å². The minimum absolute atomic E-state index is 0.623. The van der Waals surface area contributed by atoms with Crippen molar-refractivity contribution < 1.29 is 4.74 Å². The highest BCUT2D eigenvalue weighted by molar-refractivity contribution is 5.30. The molecule has 1 aliphatic heterocycles. The molecule has 0 bridgehead atoms. The Kier molecular flexibility index (Phi) is 3.52. The van der Waals surface area contributed by atoms with Gasteiger partial charge in [0.2, 0.25) is 0 Å². The number of hydrogen-bond donors (Lipinski definition) is 1. The fourth-order valence-electron chi connectivity index (χ4n) is 2.95. The minimum atomic E-state index is 0.623. The van der Waals surface area contributed by atoms with Gasteiger partial charge in [-0.15, -0.1) is 0 Å². The van der Waals surface area contributed by atoms with Gasteiger partial charge in [-0.05, 0) is 36.5 Å². The van der Waals surface area contributed by atoms with E-state index >= 15 is 0 Å². The molecule has 1 saturated carbocycles. The van der Waals surface area contributed by atoms with Gasteiger partial charge in [-0.1, -0.05) is 12.1 Å². The van der Waals surface area contributed by atoms with Crippen LogP contribution in [0.2, 0.25) is 0 Å². The summed E-state index contributed by atoms with van der Waals surface area (Å²) in [6.45, 7) is 4.60. The smallest absolute Gasteiger partial charge is 0.118 e. The topological polar surface area (TPSA) is 24.5 Å². The highest BCUT2D eigenvalue weighted by Crippen LogP contribution is 2.44. The Bertz CT molecular complexity index is 380. The molecular weight excluding hydrogens is 224 g/mol. The van der Waals surface area contributed by atoms with Crippen LogP contribution in [0.5, 0.6) is 5.75 Å². The van der Waals surface area contributed by atoms with Gasteiger partial charge in [-0.25, -0.2) is 0 Å². The predicted molar refractivity (Wildman–Crippen MR) is 72.9 cm³/mol. The number of nitrogens with zero attached hydrogens (tertiary/aromatic N) is 1. The first-order chi connectivity index (χ1) is 8.88. The van der Waals surface area contributed by atoms with Crippen LogP contribution in [0.15, 0.2) is 24.3 Å². The molecule has 3 rings (SSSR count). The lowest BCUT2D eigenvalue weighted by atomic mass is 9.99. The summed E-state index contributed by atoms with van der Waals surface area (Å²) in [7, 11) is 1.73. The molecule has 3 nitrogen and oxygen atoms in total. The molecule has 1 saturated heterocycles. The molecule has 0 aromatic heterocycles. The Labute approximate surface area is 109 Å². The molecule has 1 heterocycles. The third-order valence-corrected chi connectivity index (χ3v) is 4.07.